The highest BCUT2D eigenvalue weighted by Crippen LogP contribution is 2.25. The normalized spacial score (nSPS) is 11.7. The van der Waals surface area contributed by atoms with Crippen LogP contribution in [0.1, 0.15) is 24.1 Å². The van der Waals surface area contributed by atoms with Crippen molar-refractivity contribution in [1.82, 2.24) is 0 Å². The molecule has 0 bridgehead atoms. The summed E-state index contributed by atoms with van der Waals surface area (Å²) in [6, 6.07) is 16.1. The Morgan fingerprint density at radius 1 is 1.11 bits per heavy atom. The fraction of sp³-hybridized carbons (Fsp3) is 0.133. The van der Waals surface area contributed by atoms with Gasteiger partial charge in [0.2, 0.25) is 0 Å². The second-order valence-electron chi connectivity index (χ2n) is 4.26. The lowest BCUT2D eigenvalue weighted by Gasteiger charge is -2.16. The maximum Gasteiger partial charge on any atom is 0.0992 e. The van der Waals surface area contributed by atoms with E-state index in [4.69, 9.17) is 5.26 Å². The monoisotopic (exact) mass is 378 g/mol. The Balaban J connectivity index is 2.21. The lowest BCUT2D eigenvalue weighted by atomic mass is 10.1. The first-order valence-electron chi connectivity index (χ1n) is 5.81. The van der Waals surface area contributed by atoms with Gasteiger partial charge in [0, 0.05) is 20.7 Å². The van der Waals surface area contributed by atoms with E-state index >= 15 is 0 Å². The lowest BCUT2D eigenvalue weighted by molar-refractivity contribution is 0.883. The van der Waals surface area contributed by atoms with Crippen molar-refractivity contribution >= 4 is 37.5 Å². The van der Waals surface area contributed by atoms with E-state index in [2.05, 4.69) is 62.3 Å². The van der Waals surface area contributed by atoms with Gasteiger partial charge in [-0.1, -0.05) is 44.0 Å². The van der Waals surface area contributed by atoms with E-state index in [1.165, 1.54) is 5.56 Å². The van der Waals surface area contributed by atoms with Gasteiger partial charge in [-0.25, -0.2) is 0 Å². The average Bonchev–Trinajstić information content (AvgIpc) is 2.38. The van der Waals surface area contributed by atoms with Crippen molar-refractivity contribution in [3.8, 4) is 6.07 Å². The molecule has 1 N–H and O–H groups in total. The Hall–Kier alpha value is -1.31. The van der Waals surface area contributed by atoms with Gasteiger partial charge in [-0.3, -0.25) is 0 Å². The highest BCUT2D eigenvalue weighted by atomic mass is 79.9. The van der Waals surface area contributed by atoms with Crippen molar-refractivity contribution in [1.29, 1.82) is 5.26 Å². The predicted octanol–water partition coefficient (Wildman–Crippen LogP) is 5.26. The summed E-state index contributed by atoms with van der Waals surface area (Å²) >= 11 is 6.88. The van der Waals surface area contributed by atoms with Crippen LogP contribution in [0.4, 0.5) is 5.69 Å². The van der Waals surface area contributed by atoms with Gasteiger partial charge < -0.3 is 5.32 Å². The molecule has 0 fully saturated rings. The molecule has 96 valence electrons. The topological polar surface area (TPSA) is 35.8 Å². The van der Waals surface area contributed by atoms with Gasteiger partial charge in [0.25, 0.3) is 0 Å². The molecular weight excluding hydrogens is 368 g/mol. The summed E-state index contributed by atoms with van der Waals surface area (Å²) in [4.78, 5) is 0. The number of nitrogens with one attached hydrogen (secondary N) is 1. The van der Waals surface area contributed by atoms with Gasteiger partial charge in [-0.2, -0.15) is 5.26 Å². The van der Waals surface area contributed by atoms with Crippen LogP contribution in [0.3, 0.4) is 0 Å². The molecule has 0 saturated heterocycles. The summed E-state index contributed by atoms with van der Waals surface area (Å²) in [6.07, 6.45) is 0. The highest BCUT2D eigenvalue weighted by Gasteiger charge is 2.07. The third-order valence-corrected chi connectivity index (χ3v) is 3.71. The molecule has 0 spiro atoms. The molecule has 1 atom stereocenters. The molecule has 1 unspecified atom stereocenters. The van der Waals surface area contributed by atoms with E-state index in [9.17, 15) is 0 Å². The van der Waals surface area contributed by atoms with Crippen molar-refractivity contribution in [2.75, 3.05) is 5.32 Å². The first kappa shape index (κ1) is 14.1. The van der Waals surface area contributed by atoms with Crippen LogP contribution in [-0.4, -0.2) is 0 Å². The van der Waals surface area contributed by atoms with Gasteiger partial charge in [0.05, 0.1) is 11.6 Å². The van der Waals surface area contributed by atoms with E-state index in [-0.39, 0.29) is 6.04 Å². The predicted molar refractivity (Wildman–Crippen MR) is 85.0 cm³/mol. The van der Waals surface area contributed by atoms with E-state index in [1.807, 2.05) is 24.3 Å². The number of nitriles is 1. The number of rotatable bonds is 3. The molecule has 4 heteroatoms. The maximum atomic E-state index is 8.97. The van der Waals surface area contributed by atoms with Crippen LogP contribution in [0.2, 0.25) is 0 Å². The standard InChI is InChI=1S/C15H12Br2N2/c1-10(12-3-2-4-13(16)7-12)19-15-6-11(9-18)5-14(17)8-15/h2-8,10,19H,1H3. The van der Waals surface area contributed by atoms with Crippen molar-refractivity contribution in [2.45, 2.75) is 13.0 Å². The zero-order valence-electron chi connectivity index (χ0n) is 10.3. The van der Waals surface area contributed by atoms with Crippen LogP contribution in [0, 0.1) is 11.3 Å². The Kier molecular flexibility index (Phi) is 4.62. The van der Waals surface area contributed by atoms with E-state index in [1.54, 1.807) is 6.07 Å². The quantitative estimate of drug-likeness (QED) is 0.789. The maximum absolute atomic E-state index is 8.97. The third-order valence-electron chi connectivity index (χ3n) is 2.76. The second kappa shape index (κ2) is 6.23. The molecule has 2 aromatic rings. The number of hydrogen-bond acceptors (Lipinski definition) is 2. The highest BCUT2D eigenvalue weighted by molar-refractivity contribution is 9.10. The van der Waals surface area contributed by atoms with Gasteiger partial charge in [0.1, 0.15) is 0 Å². The lowest BCUT2D eigenvalue weighted by Crippen LogP contribution is -2.06. The number of halogens is 2. The molecule has 0 aromatic heterocycles. The largest absolute Gasteiger partial charge is 0.378 e. The van der Waals surface area contributed by atoms with Crippen molar-refractivity contribution in [3.63, 3.8) is 0 Å². The minimum Gasteiger partial charge on any atom is -0.378 e. The summed E-state index contributed by atoms with van der Waals surface area (Å²) in [7, 11) is 0. The van der Waals surface area contributed by atoms with E-state index in [0.29, 0.717) is 5.56 Å². The van der Waals surface area contributed by atoms with E-state index in [0.717, 1.165) is 14.6 Å². The molecule has 0 heterocycles. The molecule has 0 saturated carbocycles. The minimum atomic E-state index is 0.165. The van der Waals surface area contributed by atoms with Gasteiger partial charge in [-0.05, 0) is 42.8 Å². The summed E-state index contributed by atoms with van der Waals surface area (Å²) in [5.74, 6) is 0. The molecule has 0 aliphatic heterocycles. The molecule has 19 heavy (non-hydrogen) atoms. The van der Waals surface area contributed by atoms with Crippen LogP contribution >= 0.6 is 31.9 Å². The van der Waals surface area contributed by atoms with Crippen molar-refractivity contribution in [3.05, 3.63) is 62.5 Å². The number of benzene rings is 2. The SMILES string of the molecule is CC(Nc1cc(Br)cc(C#N)c1)c1cccc(Br)c1. The van der Waals surface area contributed by atoms with Crippen LogP contribution in [0.5, 0.6) is 0 Å². The average molecular weight is 380 g/mol. The summed E-state index contributed by atoms with van der Waals surface area (Å²) in [5.41, 5.74) is 2.75. The van der Waals surface area contributed by atoms with Crippen LogP contribution in [0.15, 0.2) is 51.4 Å². The van der Waals surface area contributed by atoms with Crippen LogP contribution in [0.25, 0.3) is 0 Å². The fourth-order valence-electron chi connectivity index (χ4n) is 1.85. The number of anilines is 1. The van der Waals surface area contributed by atoms with Gasteiger partial charge >= 0.3 is 0 Å². The zero-order valence-corrected chi connectivity index (χ0v) is 13.5. The number of hydrogen-bond donors (Lipinski definition) is 1. The van der Waals surface area contributed by atoms with Gasteiger partial charge in [0.15, 0.2) is 0 Å². The van der Waals surface area contributed by atoms with Crippen LogP contribution < -0.4 is 5.32 Å². The smallest absolute Gasteiger partial charge is 0.0992 e. The second-order valence-corrected chi connectivity index (χ2v) is 6.09. The first-order chi connectivity index (χ1) is 9.08. The van der Waals surface area contributed by atoms with Gasteiger partial charge in [-0.15, -0.1) is 0 Å². The van der Waals surface area contributed by atoms with Crippen molar-refractivity contribution < 1.29 is 0 Å². The van der Waals surface area contributed by atoms with E-state index < -0.39 is 0 Å². The molecule has 2 aromatic carbocycles. The summed E-state index contributed by atoms with van der Waals surface area (Å²) < 4.78 is 1.96. The number of nitrogens with zero attached hydrogens (tertiary/aromatic N) is 1. The Morgan fingerprint density at radius 2 is 1.89 bits per heavy atom. The zero-order chi connectivity index (χ0) is 13.8. The summed E-state index contributed by atoms with van der Waals surface area (Å²) in [5, 5.41) is 12.4. The fourth-order valence-corrected chi connectivity index (χ4v) is 2.76. The Morgan fingerprint density at radius 3 is 2.58 bits per heavy atom. The van der Waals surface area contributed by atoms with Crippen LogP contribution in [-0.2, 0) is 0 Å². The summed E-state index contributed by atoms with van der Waals surface area (Å²) in [6.45, 7) is 2.09. The third kappa shape index (κ3) is 3.82. The Bertz CT molecular complexity index is 632. The van der Waals surface area contributed by atoms with Crippen molar-refractivity contribution in [2.24, 2.45) is 0 Å². The minimum absolute atomic E-state index is 0.165. The Labute approximate surface area is 129 Å². The molecule has 0 aliphatic carbocycles. The molecule has 2 nitrogen and oxygen atoms in total. The molecular formula is C15H12Br2N2. The molecule has 0 amide bonds. The first-order valence-corrected chi connectivity index (χ1v) is 7.40. The molecule has 0 aliphatic rings. The molecule has 2 rings (SSSR count). The molecule has 0 radical (unpaired) electrons.